The van der Waals surface area contributed by atoms with Gasteiger partial charge in [0.05, 0.1) is 0 Å². The molecule has 9 heteroatoms. The van der Waals surface area contributed by atoms with Crippen molar-refractivity contribution in [1.82, 2.24) is 15.4 Å². The minimum absolute atomic E-state index is 0.0420. The number of aromatic nitrogens is 1. The molecule has 0 spiro atoms. The summed E-state index contributed by atoms with van der Waals surface area (Å²) >= 11 is 0. The van der Waals surface area contributed by atoms with E-state index < -0.39 is 23.8 Å². The number of carbonyl (C=O) groups is 3. The summed E-state index contributed by atoms with van der Waals surface area (Å²) in [5.41, 5.74) is 0. The molecule has 1 rings (SSSR count). The van der Waals surface area contributed by atoms with Crippen molar-refractivity contribution in [1.29, 1.82) is 0 Å². The number of hydrogen-bond donors (Lipinski definition) is 4. The maximum Gasteiger partial charge on any atom is 0.355 e. The van der Waals surface area contributed by atoms with Gasteiger partial charge in [-0.1, -0.05) is 141 Å². The lowest BCUT2D eigenvalue weighted by molar-refractivity contribution is -0.149. The van der Waals surface area contributed by atoms with Crippen LogP contribution in [-0.4, -0.2) is 45.3 Å². The zero-order valence-electron chi connectivity index (χ0n) is 35.1. The van der Waals surface area contributed by atoms with E-state index in [2.05, 4.69) is 48.8 Å². The highest BCUT2D eigenvalue weighted by Gasteiger charge is 2.24. The molecule has 0 saturated heterocycles. The van der Waals surface area contributed by atoms with Crippen LogP contribution < -0.4 is 15.5 Å². The highest BCUT2D eigenvalue weighted by molar-refractivity contribution is 5.84. The molecular weight excluding hydrogens is 691 g/mol. The van der Waals surface area contributed by atoms with Gasteiger partial charge in [-0.2, -0.15) is 0 Å². The third-order valence-corrected chi connectivity index (χ3v) is 10.2. The van der Waals surface area contributed by atoms with E-state index in [1.165, 1.54) is 115 Å². The van der Waals surface area contributed by atoms with Crippen molar-refractivity contribution in [2.45, 2.75) is 219 Å². The van der Waals surface area contributed by atoms with Crippen LogP contribution in [0.3, 0.4) is 0 Å². The Morgan fingerprint density at radius 2 is 0.964 bits per heavy atom. The summed E-state index contributed by atoms with van der Waals surface area (Å²) in [6.45, 7) is 5.00. The first-order chi connectivity index (χ1) is 26.9. The van der Waals surface area contributed by atoms with Crippen LogP contribution in [0.1, 0.15) is 213 Å². The average Bonchev–Trinajstić information content (AvgIpc) is 3.49. The number of amides is 2. The number of allylic oxidation sites excluding steroid dienone is 4. The number of carbonyl (C=O) groups excluding carboxylic acids is 3. The number of rotatable bonds is 38. The summed E-state index contributed by atoms with van der Waals surface area (Å²) in [6.07, 6.45) is 42.9. The standard InChI is InChI=1S/C46H81N3O6/c1-3-5-7-9-11-13-15-17-19-21-23-25-27-29-31-36-42(50)47-40-34-33-35-41(46(54)55-49-44(52)38-39-45(49)53)48-43(51)37-32-30-28-26-24-22-20-18-16-14-12-10-8-6-4-2/h17-20,38-39,41,52-53H,3-16,21-37,40H2,1-2H3,(H,47,50)(H,48,51). The van der Waals surface area contributed by atoms with Gasteiger partial charge in [-0.15, -0.1) is 4.73 Å². The van der Waals surface area contributed by atoms with Gasteiger partial charge in [-0.05, 0) is 83.5 Å². The first kappa shape index (κ1) is 49.8. The molecule has 0 aromatic carbocycles. The van der Waals surface area contributed by atoms with E-state index in [1.807, 2.05) is 0 Å². The van der Waals surface area contributed by atoms with E-state index in [4.69, 9.17) is 4.84 Å². The Balaban J connectivity index is 2.22. The van der Waals surface area contributed by atoms with Gasteiger partial charge < -0.3 is 25.7 Å². The summed E-state index contributed by atoms with van der Waals surface area (Å²) in [5, 5.41) is 25.6. The molecule has 0 aliphatic carbocycles. The van der Waals surface area contributed by atoms with Crippen LogP contribution in [0.5, 0.6) is 11.8 Å². The molecule has 1 aromatic heterocycles. The summed E-state index contributed by atoms with van der Waals surface area (Å²) in [7, 11) is 0. The molecule has 1 unspecified atom stereocenters. The first-order valence-corrected chi connectivity index (χ1v) is 22.6. The average molecular weight is 772 g/mol. The monoisotopic (exact) mass is 772 g/mol. The fourth-order valence-corrected chi connectivity index (χ4v) is 6.67. The summed E-state index contributed by atoms with van der Waals surface area (Å²) in [5.74, 6) is -1.79. The van der Waals surface area contributed by atoms with Gasteiger partial charge >= 0.3 is 5.97 Å². The predicted octanol–water partition coefficient (Wildman–Crippen LogP) is 11.7. The minimum Gasteiger partial charge on any atom is -0.492 e. The molecule has 0 aliphatic rings. The second-order valence-corrected chi connectivity index (χ2v) is 15.4. The van der Waals surface area contributed by atoms with E-state index >= 15 is 0 Å². The largest absolute Gasteiger partial charge is 0.492 e. The van der Waals surface area contributed by atoms with Crippen LogP contribution in [0.4, 0.5) is 0 Å². The molecule has 1 aromatic rings. The van der Waals surface area contributed by atoms with Crippen LogP contribution in [0.25, 0.3) is 0 Å². The zero-order chi connectivity index (χ0) is 40.0. The molecule has 0 aliphatic heterocycles. The molecular formula is C46H81N3O6. The molecule has 316 valence electrons. The lowest BCUT2D eigenvalue weighted by atomic mass is 10.1. The Hall–Kier alpha value is -3.23. The van der Waals surface area contributed by atoms with Gasteiger partial charge in [0.2, 0.25) is 23.6 Å². The van der Waals surface area contributed by atoms with Crippen molar-refractivity contribution < 1.29 is 29.4 Å². The molecule has 55 heavy (non-hydrogen) atoms. The van der Waals surface area contributed by atoms with Crippen LogP contribution >= 0.6 is 0 Å². The fourth-order valence-electron chi connectivity index (χ4n) is 6.67. The van der Waals surface area contributed by atoms with Crippen LogP contribution in [0.2, 0.25) is 0 Å². The van der Waals surface area contributed by atoms with Crippen molar-refractivity contribution in [2.24, 2.45) is 0 Å². The van der Waals surface area contributed by atoms with Crippen LogP contribution in [0, 0.1) is 0 Å². The van der Waals surface area contributed by atoms with Crippen molar-refractivity contribution in [3.8, 4) is 11.8 Å². The number of aromatic hydroxyl groups is 2. The van der Waals surface area contributed by atoms with Crippen molar-refractivity contribution in [3.63, 3.8) is 0 Å². The maximum atomic E-state index is 13.0. The smallest absolute Gasteiger partial charge is 0.355 e. The second kappa shape index (κ2) is 36.4. The van der Waals surface area contributed by atoms with Gasteiger partial charge in [0.15, 0.2) is 0 Å². The Kier molecular flexibility index (Phi) is 33.0. The van der Waals surface area contributed by atoms with E-state index in [0.29, 0.717) is 43.4 Å². The first-order valence-electron chi connectivity index (χ1n) is 22.6. The van der Waals surface area contributed by atoms with Crippen LogP contribution in [0.15, 0.2) is 36.4 Å². The molecule has 1 heterocycles. The summed E-state index contributed by atoms with van der Waals surface area (Å²) < 4.78 is 0.640. The topological polar surface area (TPSA) is 130 Å². The van der Waals surface area contributed by atoms with Gasteiger partial charge in [0, 0.05) is 31.5 Å². The highest BCUT2D eigenvalue weighted by atomic mass is 16.7. The zero-order valence-corrected chi connectivity index (χ0v) is 35.1. The molecule has 0 fully saturated rings. The molecule has 1 atom stereocenters. The SMILES string of the molecule is CCCCCCCCC=CCCCCCCCC(=O)NCCCCC(NC(=O)CCCCCCCC=CCCCCCCCC)C(=O)On1c(O)ccc1O. The quantitative estimate of drug-likeness (QED) is 0.0391. The van der Waals surface area contributed by atoms with E-state index in [1.54, 1.807) is 0 Å². The maximum absolute atomic E-state index is 13.0. The van der Waals surface area contributed by atoms with E-state index in [0.717, 1.165) is 64.2 Å². The molecule has 0 saturated carbocycles. The Morgan fingerprint density at radius 3 is 1.42 bits per heavy atom. The van der Waals surface area contributed by atoms with Crippen LogP contribution in [-0.2, 0) is 14.4 Å². The third kappa shape index (κ3) is 29.7. The molecule has 0 radical (unpaired) electrons. The minimum atomic E-state index is -0.941. The summed E-state index contributed by atoms with van der Waals surface area (Å²) in [4.78, 5) is 43.3. The predicted molar refractivity (Wildman–Crippen MR) is 227 cm³/mol. The van der Waals surface area contributed by atoms with E-state index in [9.17, 15) is 24.6 Å². The van der Waals surface area contributed by atoms with E-state index in [-0.39, 0.29) is 11.8 Å². The Bertz CT molecular complexity index is 1130. The van der Waals surface area contributed by atoms with Crippen molar-refractivity contribution in [3.05, 3.63) is 36.4 Å². The number of nitrogens with one attached hydrogen (secondary N) is 2. The lowest BCUT2D eigenvalue weighted by Gasteiger charge is -2.18. The molecule has 2 amide bonds. The molecule has 0 bridgehead atoms. The fraction of sp³-hybridized carbons (Fsp3) is 0.761. The number of nitrogens with zero attached hydrogens (tertiary/aromatic N) is 1. The molecule has 4 N–H and O–H groups in total. The number of hydrogen-bond acceptors (Lipinski definition) is 6. The third-order valence-electron chi connectivity index (χ3n) is 10.2. The summed E-state index contributed by atoms with van der Waals surface area (Å²) in [6, 6.07) is 1.48. The normalized spacial score (nSPS) is 12.1. The van der Waals surface area contributed by atoms with Crippen molar-refractivity contribution in [2.75, 3.05) is 6.54 Å². The van der Waals surface area contributed by atoms with Gasteiger partial charge in [0.25, 0.3) is 0 Å². The number of unbranched alkanes of at least 4 members (excludes halogenated alkanes) is 23. The Labute approximate surface area is 335 Å². The van der Waals surface area contributed by atoms with Gasteiger partial charge in [-0.3, -0.25) is 9.59 Å². The lowest BCUT2D eigenvalue weighted by Crippen LogP contribution is -2.44. The molecule has 9 nitrogen and oxygen atoms in total. The van der Waals surface area contributed by atoms with Crippen molar-refractivity contribution >= 4 is 17.8 Å². The Morgan fingerprint density at radius 1 is 0.564 bits per heavy atom. The van der Waals surface area contributed by atoms with Gasteiger partial charge in [-0.25, -0.2) is 4.79 Å². The highest BCUT2D eigenvalue weighted by Crippen LogP contribution is 2.19. The van der Waals surface area contributed by atoms with Gasteiger partial charge in [0.1, 0.15) is 6.04 Å². The second-order valence-electron chi connectivity index (χ2n) is 15.4.